The number of rotatable bonds is 1. The fraction of sp³-hybridized carbons (Fsp3) is 0.400. The zero-order valence-electron chi connectivity index (χ0n) is 7.19. The van der Waals surface area contributed by atoms with Crippen LogP contribution >= 0.6 is 11.6 Å². The van der Waals surface area contributed by atoms with Crippen LogP contribution in [0.5, 0.6) is 0 Å². The van der Waals surface area contributed by atoms with E-state index in [1.807, 2.05) is 0 Å². The fourth-order valence-corrected chi connectivity index (χ4v) is 1.89. The summed E-state index contributed by atoms with van der Waals surface area (Å²) in [4.78, 5) is 0. The van der Waals surface area contributed by atoms with Gasteiger partial charge in [0.15, 0.2) is 0 Å². The minimum Gasteiger partial charge on any atom is -0.310 e. The van der Waals surface area contributed by atoms with E-state index in [2.05, 4.69) is 5.32 Å². The zero-order valence-corrected chi connectivity index (χ0v) is 7.94. The molecule has 1 saturated heterocycles. The van der Waals surface area contributed by atoms with Gasteiger partial charge in [-0.05, 0) is 37.1 Å². The molecule has 1 N–H and O–H groups in total. The molecule has 0 saturated carbocycles. The zero-order chi connectivity index (χ0) is 9.26. The van der Waals surface area contributed by atoms with Crippen molar-refractivity contribution < 1.29 is 4.39 Å². The summed E-state index contributed by atoms with van der Waals surface area (Å²) in [6, 6.07) is 5.29. The van der Waals surface area contributed by atoms with Gasteiger partial charge in [-0.15, -0.1) is 0 Å². The van der Waals surface area contributed by atoms with E-state index in [9.17, 15) is 4.39 Å². The van der Waals surface area contributed by atoms with Crippen LogP contribution in [-0.4, -0.2) is 6.54 Å². The smallest absolute Gasteiger partial charge is 0.141 e. The van der Waals surface area contributed by atoms with Crippen LogP contribution in [0.3, 0.4) is 0 Å². The molecule has 70 valence electrons. The Morgan fingerprint density at radius 1 is 1.46 bits per heavy atom. The third-order valence-corrected chi connectivity index (χ3v) is 2.70. The standard InChI is InChI=1S/C10H11ClFN/c11-8-6-7(3-4-9(8)12)10-2-1-5-13-10/h3-4,6,10,13H,1-2,5H2. The van der Waals surface area contributed by atoms with Gasteiger partial charge in [-0.2, -0.15) is 0 Å². The lowest BCUT2D eigenvalue weighted by Crippen LogP contribution is -2.12. The second kappa shape index (κ2) is 3.64. The van der Waals surface area contributed by atoms with Crippen molar-refractivity contribution in [3.8, 4) is 0 Å². The molecule has 1 aromatic carbocycles. The topological polar surface area (TPSA) is 12.0 Å². The summed E-state index contributed by atoms with van der Waals surface area (Å²) in [5.74, 6) is -0.344. The average Bonchev–Trinajstić information content (AvgIpc) is 2.62. The van der Waals surface area contributed by atoms with Crippen molar-refractivity contribution in [2.24, 2.45) is 0 Å². The molecule has 0 aliphatic carbocycles. The second-order valence-electron chi connectivity index (χ2n) is 3.32. The predicted molar refractivity (Wildman–Crippen MR) is 51.4 cm³/mol. The third-order valence-electron chi connectivity index (χ3n) is 2.41. The lowest BCUT2D eigenvalue weighted by Gasteiger charge is -2.10. The van der Waals surface area contributed by atoms with Crippen LogP contribution in [0.4, 0.5) is 4.39 Å². The summed E-state index contributed by atoms with van der Waals surface area (Å²) in [6.07, 6.45) is 2.29. The van der Waals surface area contributed by atoms with Crippen molar-refractivity contribution in [2.45, 2.75) is 18.9 Å². The number of nitrogens with one attached hydrogen (secondary N) is 1. The van der Waals surface area contributed by atoms with Gasteiger partial charge in [0.1, 0.15) is 5.82 Å². The van der Waals surface area contributed by atoms with E-state index in [4.69, 9.17) is 11.6 Å². The molecule has 13 heavy (non-hydrogen) atoms. The van der Waals surface area contributed by atoms with Gasteiger partial charge >= 0.3 is 0 Å². The number of benzene rings is 1. The summed E-state index contributed by atoms with van der Waals surface area (Å²) < 4.78 is 12.8. The van der Waals surface area contributed by atoms with Gasteiger partial charge in [0.2, 0.25) is 0 Å². The van der Waals surface area contributed by atoms with Gasteiger partial charge in [-0.25, -0.2) is 4.39 Å². The molecule has 1 atom stereocenters. The molecule has 1 fully saturated rings. The lowest BCUT2D eigenvalue weighted by molar-refractivity contribution is 0.618. The number of hydrogen-bond donors (Lipinski definition) is 1. The normalized spacial score (nSPS) is 22.2. The Kier molecular flexibility index (Phi) is 2.51. The Bertz CT molecular complexity index is 308. The van der Waals surface area contributed by atoms with E-state index >= 15 is 0 Å². The lowest BCUT2D eigenvalue weighted by atomic mass is 10.1. The molecule has 2 rings (SSSR count). The molecule has 1 aromatic rings. The van der Waals surface area contributed by atoms with Gasteiger partial charge in [-0.3, -0.25) is 0 Å². The highest BCUT2D eigenvalue weighted by Crippen LogP contribution is 2.26. The van der Waals surface area contributed by atoms with Crippen molar-refractivity contribution in [3.63, 3.8) is 0 Å². The maximum atomic E-state index is 12.8. The molecule has 1 nitrogen and oxygen atoms in total. The highest BCUT2D eigenvalue weighted by Gasteiger charge is 2.16. The van der Waals surface area contributed by atoms with Crippen molar-refractivity contribution in [3.05, 3.63) is 34.6 Å². The van der Waals surface area contributed by atoms with Crippen LogP contribution in [0.1, 0.15) is 24.4 Å². The van der Waals surface area contributed by atoms with E-state index in [-0.39, 0.29) is 10.8 Å². The minimum atomic E-state index is -0.344. The minimum absolute atomic E-state index is 0.214. The van der Waals surface area contributed by atoms with Gasteiger partial charge < -0.3 is 5.32 Å². The van der Waals surface area contributed by atoms with Crippen LogP contribution in [-0.2, 0) is 0 Å². The first-order chi connectivity index (χ1) is 6.27. The molecule has 0 radical (unpaired) electrons. The fourth-order valence-electron chi connectivity index (χ4n) is 1.70. The highest BCUT2D eigenvalue weighted by molar-refractivity contribution is 6.30. The molecule has 0 aromatic heterocycles. The molecule has 0 bridgehead atoms. The molecule has 1 unspecified atom stereocenters. The van der Waals surface area contributed by atoms with Gasteiger partial charge in [0.05, 0.1) is 5.02 Å². The Morgan fingerprint density at radius 3 is 2.92 bits per heavy atom. The van der Waals surface area contributed by atoms with Crippen molar-refractivity contribution in [2.75, 3.05) is 6.54 Å². The predicted octanol–water partition coefficient (Wildman–Crippen LogP) is 2.90. The van der Waals surface area contributed by atoms with Crippen LogP contribution in [0.25, 0.3) is 0 Å². The molecular formula is C10H11ClFN. The van der Waals surface area contributed by atoms with Crippen LogP contribution < -0.4 is 5.32 Å². The summed E-state index contributed by atoms with van der Waals surface area (Å²) in [6.45, 7) is 1.04. The highest BCUT2D eigenvalue weighted by atomic mass is 35.5. The van der Waals surface area contributed by atoms with Gasteiger partial charge in [0, 0.05) is 6.04 Å². The molecule has 1 aliphatic heterocycles. The van der Waals surface area contributed by atoms with Crippen LogP contribution in [0, 0.1) is 5.82 Å². The molecular weight excluding hydrogens is 189 g/mol. The van der Waals surface area contributed by atoms with E-state index in [0.717, 1.165) is 18.5 Å². The van der Waals surface area contributed by atoms with Gasteiger partial charge in [0.25, 0.3) is 0 Å². The first kappa shape index (κ1) is 8.97. The quantitative estimate of drug-likeness (QED) is 0.734. The monoisotopic (exact) mass is 199 g/mol. The van der Waals surface area contributed by atoms with Crippen LogP contribution in [0.2, 0.25) is 5.02 Å². The Balaban J connectivity index is 2.25. The second-order valence-corrected chi connectivity index (χ2v) is 3.73. The van der Waals surface area contributed by atoms with Gasteiger partial charge in [-0.1, -0.05) is 17.7 Å². The van der Waals surface area contributed by atoms with E-state index in [0.29, 0.717) is 6.04 Å². The maximum Gasteiger partial charge on any atom is 0.141 e. The van der Waals surface area contributed by atoms with E-state index in [1.54, 1.807) is 12.1 Å². The summed E-state index contributed by atoms with van der Waals surface area (Å²) in [7, 11) is 0. The number of halogens is 2. The molecule has 1 aliphatic rings. The molecule has 0 amide bonds. The maximum absolute atomic E-state index is 12.8. The Morgan fingerprint density at radius 2 is 2.31 bits per heavy atom. The molecule has 3 heteroatoms. The molecule has 1 heterocycles. The van der Waals surface area contributed by atoms with E-state index < -0.39 is 0 Å². The first-order valence-electron chi connectivity index (χ1n) is 4.46. The first-order valence-corrected chi connectivity index (χ1v) is 4.83. The Hall–Kier alpha value is -0.600. The number of hydrogen-bond acceptors (Lipinski definition) is 1. The third kappa shape index (κ3) is 1.84. The van der Waals surface area contributed by atoms with Crippen LogP contribution in [0.15, 0.2) is 18.2 Å². The van der Waals surface area contributed by atoms with Crippen molar-refractivity contribution in [1.29, 1.82) is 0 Å². The SMILES string of the molecule is Fc1ccc(C2CCCN2)cc1Cl. The largest absolute Gasteiger partial charge is 0.310 e. The summed E-state index contributed by atoms with van der Waals surface area (Å²) in [5.41, 5.74) is 1.09. The average molecular weight is 200 g/mol. The molecule has 0 spiro atoms. The van der Waals surface area contributed by atoms with Crippen molar-refractivity contribution in [1.82, 2.24) is 5.32 Å². The van der Waals surface area contributed by atoms with E-state index in [1.165, 1.54) is 12.5 Å². The summed E-state index contributed by atoms with van der Waals surface area (Å²) >= 11 is 5.69. The summed E-state index contributed by atoms with van der Waals surface area (Å²) in [5, 5.41) is 3.55. The Labute approximate surface area is 81.9 Å². The van der Waals surface area contributed by atoms with Crippen molar-refractivity contribution >= 4 is 11.6 Å².